The van der Waals surface area contributed by atoms with Gasteiger partial charge in [0.1, 0.15) is 11.0 Å². The molecule has 0 unspecified atom stereocenters. The van der Waals surface area contributed by atoms with E-state index < -0.39 is 0 Å². The Bertz CT molecular complexity index is 1180. The van der Waals surface area contributed by atoms with Gasteiger partial charge in [-0.2, -0.15) is 0 Å². The summed E-state index contributed by atoms with van der Waals surface area (Å²) in [5.41, 5.74) is 2.12. The van der Waals surface area contributed by atoms with Crippen LogP contribution in [0.5, 0.6) is 0 Å². The van der Waals surface area contributed by atoms with Gasteiger partial charge in [-0.1, -0.05) is 35.3 Å². The van der Waals surface area contributed by atoms with Gasteiger partial charge in [-0.25, -0.2) is 4.98 Å². The zero-order chi connectivity index (χ0) is 17.7. The first-order valence-corrected chi connectivity index (χ1v) is 9.11. The molecule has 4 rings (SSSR count). The predicted molar refractivity (Wildman–Crippen MR) is 107 cm³/mol. The van der Waals surface area contributed by atoms with E-state index in [1.807, 2.05) is 37.2 Å². The van der Waals surface area contributed by atoms with Crippen molar-refractivity contribution in [2.45, 2.75) is 0 Å². The van der Waals surface area contributed by atoms with Crippen LogP contribution in [0.3, 0.4) is 0 Å². The van der Waals surface area contributed by atoms with E-state index in [1.165, 1.54) is 22.2 Å². The fourth-order valence-corrected chi connectivity index (χ4v) is 4.38. The number of rotatable bonds is 2. The molecule has 0 radical (unpaired) electrons. The monoisotopic (exact) mass is 389 g/mol. The molecule has 0 aliphatic heterocycles. The molecule has 0 fully saturated rings. The van der Waals surface area contributed by atoms with Crippen LogP contribution in [0, 0.1) is 0 Å². The summed E-state index contributed by atoms with van der Waals surface area (Å²) in [7, 11) is 3.95. The van der Waals surface area contributed by atoms with Gasteiger partial charge in [0, 0.05) is 29.9 Å². The lowest BCUT2D eigenvalue weighted by Crippen LogP contribution is -2.18. The number of halogens is 2. The number of thiophene rings is 1. The van der Waals surface area contributed by atoms with Gasteiger partial charge in [-0.05, 0) is 24.3 Å². The van der Waals surface area contributed by atoms with E-state index in [9.17, 15) is 4.79 Å². The second kappa shape index (κ2) is 6.02. The number of anilines is 1. The summed E-state index contributed by atoms with van der Waals surface area (Å²) in [6, 6.07) is 11.2. The third-order valence-electron chi connectivity index (χ3n) is 4.06. The smallest absolute Gasteiger partial charge is 0.275 e. The average Bonchev–Trinajstić information content (AvgIpc) is 2.98. The van der Waals surface area contributed by atoms with Crippen LogP contribution < -0.4 is 10.5 Å². The Morgan fingerprint density at radius 1 is 1.12 bits per heavy atom. The summed E-state index contributed by atoms with van der Waals surface area (Å²) in [5.74, 6) is 0. The van der Waals surface area contributed by atoms with Gasteiger partial charge in [0.25, 0.3) is 5.56 Å². The summed E-state index contributed by atoms with van der Waals surface area (Å²) in [6.45, 7) is 0. The molecule has 4 aromatic rings. The largest absolute Gasteiger partial charge is 0.377 e. The molecule has 126 valence electrons. The summed E-state index contributed by atoms with van der Waals surface area (Å²) in [5, 5.41) is 1.73. The number of aromatic nitrogens is 2. The van der Waals surface area contributed by atoms with E-state index in [2.05, 4.69) is 4.98 Å². The summed E-state index contributed by atoms with van der Waals surface area (Å²) < 4.78 is 3.07. The molecule has 0 N–H and O–H groups in total. The quantitative estimate of drug-likeness (QED) is 0.485. The van der Waals surface area contributed by atoms with Gasteiger partial charge in [0.2, 0.25) is 0 Å². The van der Waals surface area contributed by atoms with Crippen LogP contribution >= 0.6 is 34.5 Å². The van der Waals surface area contributed by atoms with Crippen LogP contribution in [-0.2, 0) is 0 Å². The maximum atomic E-state index is 13.1. The number of fused-ring (bicyclic) bond motifs is 3. The maximum absolute atomic E-state index is 13.1. The molecular weight excluding hydrogens is 377 g/mol. The molecule has 7 heteroatoms. The minimum absolute atomic E-state index is 0.153. The van der Waals surface area contributed by atoms with Gasteiger partial charge in [-0.3, -0.25) is 9.36 Å². The predicted octanol–water partition coefficient (Wildman–Crippen LogP) is 4.97. The Morgan fingerprint density at radius 3 is 2.64 bits per heavy atom. The fourth-order valence-electron chi connectivity index (χ4n) is 2.88. The Morgan fingerprint density at radius 2 is 1.88 bits per heavy atom. The molecule has 0 atom stereocenters. The van der Waals surface area contributed by atoms with Gasteiger partial charge in [0.05, 0.1) is 21.2 Å². The van der Waals surface area contributed by atoms with Crippen LogP contribution in [0.2, 0.25) is 10.0 Å². The van der Waals surface area contributed by atoms with Crippen LogP contribution in [-0.4, -0.2) is 23.6 Å². The second-order valence-corrected chi connectivity index (χ2v) is 7.65. The lowest BCUT2D eigenvalue weighted by molar-refractivity contribution is 0.968. The van der Waals surface area contributed by atoms with Crippen molar-refractivity contribution in [3.63, 3.8) is 0 Å². The molecule has 0 saturated carbocycles. The van der Waals surface area contributed by atoms with E-state index >= 15 is 0 Å². The van der Waals surface area contributed by atoms with Gasteiger partial charge in [0.15, 0.2) is 0 Å². The van der Waals surface area contributed by atoms with Crippen molar-refractivity contribution in [1.82, 2.24) is 9.55 Å². The molecule has 4 nitrogen and oxygen atoms in total. The number of nitrogens with zero attached hydrogens (tertiary/aromatic N) is 3. The summed E-state index contributed by atoms with van der Waals surface area (Å²) >= 11 is 13.8. The second-order valence-electron chi connectivity index (χ2n) is 5.82. The normalized spacial score (nSPS) is 11.4. The molecule has 2 heterocycles. The first-order chi connectivity index (χ1) is 12.0. The Labute approximate surface area is 157 Å². The minimum atomic E-state index is -0.153. The van der Waals surface area contributed by atoms with Crippen molar-refractivity contribution in [2.24, 2.45) is 0 Å². The first kappa shape index (κ1) is 16.4. The first-order valence-electron chi connectivity index (χ1n) is 7.53. The van der Waals surface area contributed by atoms with E-state index in [0.29, 0.717) is 25.9 Å². The van der Waals surface area contributed by atoms with E-state index in [1.54, 1.807) is 18.2 Å². The number of benzene rings is 2. The van der Waals surface area contributed by atoms with Gasteiger partial charge in [-0.15, -0.1) is 11.3 Å². The van der Waals surface area contributed by atoms with Crippen LogP contribution in [0.4, 0.5) is 5.69 Å². The van der Waals surface area contributed by atoms with Crippen molar-refractivity contribution in [3.05, 3.63) is 63.1 Å². The lowest BCUT2D eigenvalue weighted by Gasteiger charge is -2.13. The molecule has 0 aliphatic rings. The Kier molecular flexibility index (Phi) is 3.95. The fraction of sp³-hybridized carbons (Fsp3) is 0.111. The van der Waals surface area contributed by atoms with Crippen LogP contribution in [0.25, 0.3) is 26.0 Å². The standard InChI is InChI=1S/C18H13Cl2N3OS/c1-22(2)11-6-4-8-13-14(11)16-17(25-13)18(24)23(9-21-16)12-7-3-5-10(19)15(12)20/h3-9H,1-2H3. The molecule has 0 spiro atoms. The van der Waals surface area contributed by atoms with Gasteiger partial charge >= 0.3 is 0 Å². The Balaban J connectivity index is 2.08. The van der Waals surface area contributed by atoms with Crippen molar-refractivity contribution in [1.29, 1.82) is 0 Å². The average molecular weight is 390 g/mol. The molecule has 0 aliphatic carbocycles. The van der Waals surface area contributed by atoms with Crippen LogP contribution in [0.1, 0.15) is 0 Å². The molecule has 0 amide bonds. The van der Waals surface area contributed by atoms with Crippen molar-refractivity contribution < 1.29 is 0 Å². The lowest BCUT2D eigenvalue weighted by atomic mass is 10.2. The zero-order valence-electron chi connectivity index (χ0n) is 13.5. The zero-order valence-corrected chi connectivity index (χ0v) is 15.8. The van der Waals surface area contributed by atoms with E-state index in [-0.39, 0.29) is 5.56 Å². The third kappa shape index (κ3) is 2.51. The van der Waals surface area contributed by atoms with Crippen molar-refractivity contribution >= 4 is 60.5 Å². The number of hydrogen-bond acceptors (Lipinski definition) is 4. The SMILES string of the molecule is CN(C)c1cccc2sc3c(=O)n(-c4cccc(Cl)c4Cl)cnc3c12. The summed E-state index contributed by atoms with van der Waals surface area (Å²) in [6.07, 6.45) is 1.51. The molecule has 2 aromatic heterocycles. The minimum Gasteiger partial charge on any atom is -0.377 e. The van der Waals surface area contributed by atoms with Gasteiger partial charge < -0.3 is 4.90 Å². The molecular formula is C18H13Cl2N3OS. The third-order valence-corrected chi connectivity index (χ3v) is 6.00. The maximum Gasteiger partial charge on any atom is 0.275 e. The van der Waals surface area contributed by atoms with E-state index in [0.717, 1.165) is 15.8 Å². The summed E-state index contributed by atoms with van der Waals surface area (Å²) in [4.78, 5) is 19.6. The molecule has 0 saturated heterocycles. The Hall–Kier alpha value is -2.08. The highest BCUT2D eigenvalue weighted by Gasteiger charge is 2.17. The number of hydrogen-bond donors (Lipinski definition) is 0. The molecule has 0 bridgehead atoms. The highest BCUT2D eigenvalue weighted by molar-refractivity contribution is 7.25. The molecule has 25 heavy (non-hydrogen) atoms. The topological polar surface area (TPSA) is 38.1 Å². The van der Waals surface area contributed by atoms with Crippen LogP contribution in [0.15, 0.2) is 47.5 Å². The highest BCUT2D eigenvalue weighted by Crippen LogP contribution is 2.37. The van der Waals surface area contributed by atoms with Crippen molar-refractivity contribution in [2.75, 3.05) is 19.0 Å². The highest BCUT2D eigenvalue weighted by atomic mass is 35.5. The van der Waals surface area contributed by atoms with E-state index in [4.69, 9.17) is 23.2 Å². The van der Waals surface area contributed by atoms with Crippen molar-refractivity contribution in [3.8, 4) is 5.69 Å². The molecule has 2 aromatic carbocycles.